The summed E-state index contributed by atoms with van der Waals surface area (Å²) in [5, 5.41) is 16.9. The Balaban J connectivity index is 1.68. The van der Waals surface area contributed by atoms with E-state index in [-0.39, 0.29) is 17.3 Å². The van der Waals surface area contributed by atoms with Crippen LogP contribution in [0.5, 0.6) is 0 Å². The number of fused-ring (bicyclic) bond motifs is 2. The SMILES string of the molecule is NC(=S)N/N=C1/C[C@@H](n2nnnc2-c2ccccc2Cl)[C@@H]2CO[C@H]1O2. The van der Waals surface area contributed by atoms with Gasteiger partial charge in [0.1, 0.15) is 6.10 Å². The molecular formula is C14H14ClN7O2S. The summed E-state index contributed by atoms with van der Waals surface area (Å²) >= 11 is 11.1. The van der Waals surface area contributed by atoms with Gasteiger partial charge in [0.2, 0.25) is 0 Å². The quantitative estimate of drug-likeness (QED) is 0.596. The van der Waals surface area contributed by atoms with Gasteiger partial charge in [0, 0.05) is 12.0 Å². The molecule has 2 aromatic rings. The lowest BCUT2D eigenvalue weighted by atomic mass is 10.0. The number of hydrogen-bond acceptors (Lipinski definition) is 7. The van der Waals surface area contributed by atoms with E-state index in [1.54, 1.807) is 10.7 Å². The zero-order chi connectivity index (χ0) is 17.4. The summed E-state index contributed by atoms with van der Waals surface area (Å²) in [5.74, 6) is 0.561. The number of hydrogen-bond donors (Lipinski definition) is 2. The molecule has 0 spiro atoms. The zero-order valence-corrected chi connectivity index (χ0v) is 14.4. The molecule has 11 heteroatoms. The summed E-state index contributed by atoms with van der Waals surface area (Å²) in [6.45, 7) is 0.420. The highest BCUT2D eigenvalue weighted by Crippen LogP contribution is 2.36. The van der Waals surface area contributed by atoms with Crippen molar-refractivity contribution in [1.29, 1.82) is 0 Å². The first-order chi connectivity index (χ1) is 12.1. The average Bonchev–Trinajstić information content (AvgIpc) is 3.23. The van der Waals surface area contributed by atoms with Crippen molar-refractivity contribution in [3.05, 3.63) is 29.3 Å². The van der Waals surface area contributed by atoms with E-state index < -0.39 is 6.29 Å². The minimum absolute atomic E-state index is 0.0725. The van der Waals surface area contributed by atoms with Crippen molar-refractivity contribution in [3.63, 3.8) is 0 Å². The van der Waals surface area contributed by atoms with Crippen molar-refractivity contribution in [2.75, 3.05) is 6.61 Å². The fourth-order valence-electron chi connectivity index (χ4n) is 2.94. The van der Waals surface area contributed by atoms with Gasteiger partial charge in [-0.1, -0.05) is 23.7 Å². The third-order valence-corrected chi connectivity index (χ3v) is 4.48. The van der Waals surface area contributed by atoms with Gasteiger partial charge in [-0.2, -0.15) is 5.10 Å². The van der Waals surface area contributed by atoms with Gasteiger partial charge in [0.05, 0.1) is 23.4 Å². The molecule has 3 heterocycles. The summed E-state index contributed by atoms with van der Waals surface area (Å²) in [5.41, 5.74) is 9.40. The molecule has 0 aliphatic carbocycles. The number of aromatic nitrogens is 4. The maximum atomic E-state index is 6.29. The number of thiocarbonyl (C=S) groups is 1. The van der Waals surface area contributed by atoms with Crippen molar-refractivity contribution in [3.8, 4) is 11.4 Å². The molecule has 2 saturated heterocycles. The number of nitrogens with two attached hydrogens (primary N) is 1. The van der Waals surface area contributed by atoms with Crippen molar-refractivity contribution in [1.82, 2.24) is 25.6 Å². The van der Waals surface area contributed by atoms with E-state index in [1.807, 2.05) is 18.2 Å². The first kappa shape index (κ1) is 16.3. The number of ether oxygens (including phenoxy) is 2. The Morgan fingerprint density at radius 3 is 3.08 bits per heavy atom. The highest BCUT2D eigenvalue weighted by atomic mass is 35.5. The van der Waals surface area contributed by atoms with Crippen LogP contribution >= 0.6 is 23.8 Å². The average molecular weight is 380 g/mol. The van der Waals surface area contributed by atoms with Crippen LogP contribution in [0.3, 0.4) is 0 Å². The Bertz CT molecular complexity index is 842. The van der Waals surface area contributed by atoms with Gasteiger partial charge in [0.15, 0.2) is 17.2 Å². The van der Waals surface area contributed by atoms with Crippen molar-refractivity contribution in [2.45, 2.75) is 24.9 Å². The molecule has 4 rings (SSSR count). The number of halogens is 1. The summed E-state index contributed by atoms with van der Waals surface area (Å²) < 4.78 is 13.2. The highest BCUT2D eigenvalue weighted by Gasteiger charge is 2.44. The Morgan fingerprint density at radius 2 is 2.28 bits per heavy atom. The number of tetrazole rings is 1. The van der Waals surface area contributed by atoms with Gasteiger partial charge < -0.3 is 15.2 Å². The van der Waals surface area contributed by atoms with E-state index in [0.29, 0.717) is 29.6 Å². The van der Waals surface area contributed by atoms with Crippen molar-refractivity contribution >= 4 is 34.6 Å². The second kappa shape index (κ2) is 6.64. The fraction of sp³-hybridized carbons (Fsp3) is 0.357. The van der Waals surface area contributed by atoms with Crippen LogP contribution in [0, 0.1) is 0 Å². The molecule has 9 nitrogen and oxygen atoms in total. The van der Waals surface area contributed by atoms with E-state index >= 15 is 0 Å². The number of benzene rings is 1. The smallest absolute Gasteiger partial charge is 0.199 e. The standard InChI is InChI=1S/C14H14ClN7O2S/c15-8-4-2-1-3-7(8)12-18-20-21-22(12)10-5-9(17-19-14(16)25)13-23-6-11(10)24-13/h1-4,10-11,13H,5-6H2,(H3,16,19,25)/b17-9-/t10-,11+,13+/m1/s1. The van der Waals surface area contributed by atoms with Crippen LogP contribution in [0.1, 0.15) is 12.5 Å². The lowest BCUT2D eigenvalue weighted by Gasteiger charge is -2.28. The van der Waals surface area contributed by atoms with Crippen LogP contribution in [-0.2, 0) is 9.47 Å². The molecular weight excluding hydrogens is 366 g/mol. The van der Waals surface area contributed by atoms with Crippen LogP contribution < -0.4 is 11.2 Å². The number of hydrazone groups is 1. The van der Waals surface area contributed by atoms with E-state index in [0.717, 1.165) is 5.56 Å². The van der Waals surface area contributed by atoms with Crippen LogP contribution in [0.2, 0.25) is 5.02 Å². The minimum atomic E-state index is -0.511. The third-order valence-electron chi connectivity index (χ3n) is 4.06. The zero-order valence-electron chi connectivity index (χ0n) is 12.9. The third kappa shape index (κ3) is 3.09. The first-order valence-electron chi connectivity index (χ1n) is 7.55. The number of nitrogens with one attached hydrogen (secondary N) is 1. The molecule has 25 heavy (non-hydrogen) atoms. The fourth-order valence-corrected chi connectivity index (χ4v) is 3.21. The van der Waals surface area contributed by atoms with Gasteiger partial charge in [0.25, 0.3) is 0 Å². The molecule has 2 bridgehead atoms. The lowest BCUT2D eigenvalue weighted by Crippen LogP contribution is -2.39. The predicted molar refractivity (Wildman–Crippen MR) is 93.9 cm³/mol. The Labute approximate surface area is 153 Å². The first-order valence-corrected chi connectivity index (χ1v) is 8.34. The van der Waals surface area contributed by atoms with Crippen molar-refractivity contribution < 1.29 is 9.47 Å². The van der Waals surface area contributed by atoms with Crippen LogP contribution in [-0.4, -0.2) is 50.0 Å². The molecule has 1 aromatic heterocycles. The minimum Gasteiger partial charge on any atom is -0.375 e. The molecule has 0 amide bonds. The largest absolute Gasteiger partial charge is 0.375 e. The van der Waals surface area contributed by atoms with Crippen molar-refractivity contribution in [2.24, 2.45) is 10.8 Å². The lowest BCUT2D eigenvalue weighted by molar-refractivity contribution is -0.0320. The molecule has 2 aliphatic heterocycles. The van der Waals surface area contributed by atoms with Gasteiger partial charge in [-0.15, -0.1) is 5.10 Å². The van der Waals surface area contributed by atoms with E-state index in [2.05, 4.69) is 26.1 Å². The molecule has 3 atom stereocenters. The second-order valence-electron chi connectivity index (χ2n) is 5.62. The van der Waals surface area contributed by atoms with E-state index in [1.165, 1.54) is 0 Å². The van der Waals surface area contributed by atoms with Crippen LogP contribution in [0.15, 0.2) is 29.4 Å². The predicted octanol–water partition coefficient (Wildman–Crippen LogP) is 0.869. The topological polar surface area (TPSA) is 112 Å². The monoisotopic (exact) mass is 379 g/mol. The molecule has 0 unspecified atom stereocenters. The molecule has 1 aromatic carbocycles. The number of rotatable bonds is 3. The summed E-state index contributed by atoms with van der Waals surface area (Å²) in [6.07, 6.45) is -0.158. The van der Waals surface area contributed by atoms with E-state index in [9.17, 15) is 0 Å². The summed E-state index contributed by atoms with van der Waals surface area (Å²) in [4.78, 5) is 0. The highest BCUT2D eigenvalue weighted by molar-refractivity contribution is 7.80. The summed E-state index contributed by atoms with van der Waals surface area (Å²) in [7, 11) is 0. The Hall–Kier alpha value is -2.14. The molecule has 130 valence electrons. The molecule has 3 N–H and O–H groups in total. The molecule has 0 radical (unpaired) electrons. The molecule has 2 aliphatic rings. The maximum absolute atomic E-state index is 6.29. The second-order valence-corrected chi connectivity index (χ2v) is 6.46. The van der Waals surface area contributed by atoms with Gasteiger partial charge in [-0.3, -0.25) is 5.43 Å². The van der Waals surface area contributed by atoms with Crippen LogP contribution in [0.4, 0.5) is 0 Å². The van der Waals surface area contributed by atoms with E-state index in [4.69, 9.17) is 39.0 Å². The maximum Gasteiger partial charge on any atom is 0.199 e. The molecule has 2 fully saturated rings. The Kier molecular flexibility index (Phi) is 4.34. The van der Waals surface area contributed by atoms with Crippen LogP contribution in [0.25, 0.3) is 11.4 Å². The Morgan fingerprint density at radius 1 is 1.44 bits per heavy atom. The summed E-state index contributed by atoms with van der Waals surface area (Å²) in [6, 6.07) is 7.20. The van der Waals surface area contributed by atoms with Gasteiger partial charge in [-0.25, -0.2) is 4.68 Å². The van der Waals surface area contributed by atoms with Gasteiger partial charge >= 0.3 is 0 Å². The molecule has 0 saturated carbocycles. The van der Waals surface area contributed by atoms with Gasteiger partial charge in [-0.05, 0) is 34.8 Å². The number of nitrogens with zero attached hydrogens (tertiary/aromatic N) is 5. The normalized spacial score (nSPS) is 26.8.